The summed E-state index contributed by atoms with van der Waals surface area (Å²) in [4.78, 5) is 0. The number of aryl methyl sites for hydroxylation is 1. The van der Waals surface area contributed by atoms with E-state index in [4.69, 9.17) is 0 Å². The summed E-state index contributed by atoms with van der Waals surface area (Å²) in [6.07, 6.45) is 11.7. The summed E-state index contributed by atoms with van der Waals surface area (Å²) >= 11 is 0. The SMILES string of the molecule is CCCC1CCC(c2ccc(C#CCCCCc3ccccc3)c(F)c2)CC1. The largest absolute Gasteiger partial charge is 0.206 e. The quantitative estimate of drug-likeness (QED) is 0.343. The average molecular weight is 377 g/mol. The Balaban J connectivity index is 1.45. The zero-order valence-electron chi connectivity index (χ0n) is 17.2. The molecule has 0 heterocycles. The molecular weight excluding hydrogens is 343 g/mol. The molecule has 0 nitrogen and oxygen atoms in total. The minimum atomic E-state index is -0.148. The third kappa shape index (κ3) is 6.23. The summed E-state index contributed by atoms with van der Waals surface area (Å²) in [7, 11) is 0. The maximum absolute atomic E-state index is 14.5. The van der Waals surface area contributed by atoms with Crippen LogP contribution in [-0.2, 0) is 6.42 Å². The molecule has 0 bridgehead atoms. The Hall–Kier alpha value is -2.07. The lowest BCUT2D eigenvalue weighted by Gasteiger charge is -2.28. The van der Waals surface area contributed by atoms with Gasteiger partial charge in [0.1, 0.15) is 5.82 Å². The first-order chi connectivity index (χ1) is 13.8. The van der Waals surface area contributed by atoms with Crippen LogP contribution in [0, 0.1) is 23.6 Å². The Morgan fingerprint density at radius 1 is 0.964 bits per heavy atom. The van der Waals surface area contributed by atoms with Crippen LogP contribution in [0.25, 0.3) is 0 Å². The van der Waals surface area contributed by atoms with Gasteiger partial charge in [0.2, 0.25) is 0 Å². The molecule has 2 aromatic rings. The number of benzene rings is 2. The molecule has 1 heteroatoms. The van der Waals surface area contributed by atoms with Gasteiger partial charge < -0.3 is 0 Å². The molecule has 0 amide bonds. The molecule has 2 aromatic carbocycles. The number of hydrogen-bond donors (Lipinski definition) is 0. The number of hydrogen-bond acceptors (Lipinski definition) is 0. The zero-order valence-corrected chi connectivity index (χ0v) is 17.2. The number of unbranched alkanes of at least 4 members (excludes halogenated alkanes) is 2. The Morgan fingerprint density at radius 3 is 2.46 bits per heavy atom. The molecule has 1 saturated carbocycles. The second-order valence-electron chi connectivity index (χ2n) is 8.24. The van der Waals surface area contributed by atoms with Gasteiger partial charge in [-0.3, -0.25) is 0 Å². The first kappa shape index (κ1) is 20.7. The highest BCUT2D eigenvalue weighted by molar-refractivity contribution is 5.38. The molecule has 0 atom stereocenters. The van der Waals surface area contributed by atoms with Crippen LogP contribution in [0.4, 0.5) is 4.39 Å². The first-order valence-corrected chi connectivity index (χ1v) is 11.1. The predicted octanol–water partition coefficient (Wildman–Crippen LogP) is 7.66. The van der Waals surface area contributed by atoms with E-state index < -0.39 is 0 Å². The van der Waals surface area contributed by atoms with Crippen molar-refractivity contribution >= 4 is 0 Å². The lowest BCUT2D eigenvalue weighted by atomic mass is 9.77. The van der Waals surface area contributed by atoms with Gasteiger partial charge in [-0.05, 0) is 80.0 Å². The van der Waals surface area contributed by atoms with Gasteiger partial charge in [0.15, 0.2) is 0 Å². The Morgan fingerprint density at radius 2 is 1.75 bits per heavy atom. The monoisotopic (exact) mass is 376 g/mol. The van der Waals surface area contributed by atoms with Crippen LogP contribution in [0.2, 0.25) is 0 Å². The van der Waals surface area contributed by atoms with Crippen molar-refractivity contribution in [2.24, 2.45) is 5.92 Å². The van der Waals surface area contributed by atoms with Crippen molar-refractivity contribution < 1.29 is 4.39 Å². The van der Waals surface area contributed by atoms with E-state index in [9.17, 15) is 4.39 Å². The molecular formula is C27H33F. The molecule has 28 heavy (non-hydrogen) atoms. The normalized spacial score (nSPS) is 19.1. The van der Waals surface area contributed by atoms with Crippen LogP contribution in [-0.4, -0.2) is 0 Å². The predicted molar refractivity (Wildman–Crippen MR) is 117 cm³/mol. The molecule has 0 radical (unpaired) electrons. The van der Waals surface area contributed by atoms with E-state index in [1.165, 1.54) is 49.7 Å². The first-order valence-electron chi connectivity index (χ1n) is 11.1. The van der Waals surface area contributed by atoms with Gasteiger partial charge >= 0.3 is 0 Å². The third-order valence-electron chi connectivity index (χ3n) is 6.09. The second-order valence-corrected chi connectivity index (χ2v) is 8.24. The Kier molecular flexibility index (Phi) is 8.16. The summed E-state index contributed by atoms with van der Waals surface area (Å²) < 4.78 is 14.5. The maximum Gasteiger partial charge on any atom is 0.139 e. The summed E-state index contributed by atoms with van der Waals surface area (Å²) in [5, 5.41) is 0. The summed E-state index contributed by atoms with van der Waals surface area (Å²) in [6.45, 7) is 2.27. The van der Waals surface area contributed by atoms with Gasteiger partial charge in [-0.1, -0.05) is 68.0 Å². The smallest absolute Gasteiger partial charge is 0.139 e. The fraction of sp³-hybridized carbons (Fsp3) is 0.481. The average Bonchev–Trinajstić information content (AvgIpc) is 2.73. The Bertz CT molecular complexity index is 773. The van der Waals surface area contributed by atoms with Crippen molar-refractivity contribution in [2.45, 2.75) is 77.0 Å². The summed E-state index contributed by atoms with van der Waals surface area (Å²) in [5.41, 5.74) is 3.09. The fourth-order valence-corrected chi connectivity index (χ4v) is 4.42. The van der Waals surface area contributed by atoms with Gasteiger partial charge in [-0.2, -0.15) is 0 Å². The van der Waals surface area contributed by atoms with Gasteiger partial charge in [0.25, 0.3) is 0 Å². The van der Waals surface area contributed by atoms with E-state index in [0.29, 0.717) is 11.5 Å². The lowest BCUT2D eigenvalue weighted by Crippen LogP contribution is -2.13. The van der Waals surface area contributed by atoms with E-state index in [1.807, 2.05) is 12.1 Å². The van der Waals surface area contributed by atoms with Crippen LogP contribution in [0.15, 0.2) is 48.5 Å². The molecule has 1 fully saturated rings. The van der Waals surface area contributed by atoms with Crippen molar-refractivity contribution in [3.8, 4) is 11.8 Å². The van der Waals surface area contributed by atoms with Crippen LogP contribution in [0.3, 0.4) is 0 Å². The molecule has 0 aromatic heterocycles. The molecule has 0 saturated heterocycles. The number of rotatable bonds is 7. The second kappa shape index (κ2) is 11.1. The molecule has 148 valence electrons. The van der Waals surface area contributed by atoms with Crippen molar-refractivity contribution in [1.82, 2.24) is 0 Å². The van der Waals surface area contributed by atoms with Crippen LogP contribution < -0.4 is 0 Å². The molecule has 0 aliphatic heterocycles. The fourth-order valence-electron chi connectivity index (χ4n) is 4.42. The van der Waals surface area contributed by atoms with E-state index in [-0.39, 0.29) is 5.82 Å². The van der Waals surface area contributed by atoms with Gasteiger partial charge in [0, 0.05) is 6.42 Å². The standard InChI is InChI=1S/C27H33F/c1-2-10-22-15-17-24(18-16-22)26-20-19-25(27(28)21-26)14-9-4-3-6-11-23-12-7-5-8-13-23/h5,7-8,12-13,19-22,24H,2-4,6,10-11,15-18H2,1H3. The lowest BCUT2D eigenvalue weighted by molar-refractivity contribution is 0.308. The zero-order chi connectivity index (χ0) is 19.6. The highest BCUT2D eigenvalue weighted by Crippen LogP contribution is 2.37. The number of halogens is 1. The highest BCUT2D eigenvalue weighted by atomic mass is 19.1. The summed E-state index contributed by atoms with van der Waals surface area (Å²) in [6, 6.07) is 16.3. The third-order valence-corrected chi connectivity index (χ3v) is 6.09. The van der Waals surface area contributed by atoms with Crippen molar-refractivity contribution in [3.63, 3.8) is 0 Å². The van der Waals surface area contributed by atoms with Crippen molar-refractivity contribution in [2.75, 3.05) is 0 Å². The van der Waals surface area contributed by atoms with Crippen LogP contribution in [0.1, 0.15) is 87.3 Å². The topological polar surface area (TPSA) is 0 Å². The van der Waals surface area contributed by atoms with E-state index in [1.54, 1.807) is 6.07 Å². The molecule has 3 rings (SSSR count). The van der Waals surface area contributed by atoms with Gasteiger partial charge in [-0.15, -0.1) is 0 Å². The van der Waals surface area contributed by atoms with Crippen molar-refractivity contribution in [3.05, 3.63) is 71.0 Å². The minimum Gasteiger partial charge on any atom is -0.206 e. The van der Waals surface area contributed by atoms with E-state index in [0.717, 1.165) is 31.6 Å². The molecule has 0 N–H and O–H groups in total. The molecule has 0 unspecified atom stereocenters. The van der Waals surface area contributed by atoms with Crippen molar-refractivity contribution in [1.29, 1.82) is 0 Å². The van der Waals surface area contributed by atoms with Gasteiger partial charge in [0.05, 0.1) is 5.56 Å². The van der Waals surface area contributed by atoms with Gasteiger partial charge in [-0.25, -0.2) is 4.39 Å². The van der Waals surface area contributed by atoms with Crippen LogP contribution in [0.5, 0.6) is 0 Å². The Labute approximate surface area is 170 Å². The van der Waals surface area contributed by atoms with E-state index >= 15 is 0 Å². The van der Waals surface area contributed by atoms with Crippen LogP contribution >= 0.6 is 0 Å². The minimum absolute atomic E-state index is 0.148. The maximum atomic E-state index is 14.5. The van der Waals surface area contributed by atoms with E-state index in [2.05, 4.69) is 49.1 Å². The molecule has 1 aliphatic rings. The summed E-state index contributed by atoms with van der Waals surface area (Å²) in [5.74, 6) is 7.47. The highest BCUT2D eigenvalue weighted by Gasteiger charge is 2.22. The molecule has 0 spiro atoms. The molecule has 1 aliphatic carbocycles.